The highest BCUT2D eigenvalue weighted by Crippen LogP contribution is 2.31. The van der Waals surface area contributed by atoms with Crippen LogP contribution in [-0.4, -0.2) is 47.8 Å². The molecule has 2 aliphatic heterocycles. The van der Waals surface area contributed by atoms with Gasteiger partial charge in [-0.25, -0.2) is 0 Å². The van der Waals surface area contributed by atoms with Crippen molar-refractivity contribution in [1.29, 1.82) is 0 Å². The Bertz CT molecular complexity index is 345. The molecule has 0 aromatic carbocycles. The molecule has 0 aromatic heterocycles. The molecule has 0 radical (unpaired) electrons. The molecule has 0 bridgehead atoms. The van der Waals surface area contributed by atoms with E-state index in [2.05, 4.69) is 25.7 Å². The fraction of sp³-hybridized carbons (Fsp3) is 0.941. The molecule has 4 atom stereocenters. The van der Waals surface area contributed by atoms with Crippen molar-refractivity contribution >= 4 is 5.97 Å². The summed E-state index contributed by atoms with van der Waals surface area (Å²) >= 11 is 0. The molecule has 0 aliphatic carbocycles. The van der Waals surface area contributed by atoms with E-state index in [0.29, 0.717) is 30.4 Å². The molecule has 2 fully saturated rings. The minimum absolute atomic E-state index is 0.283. The van der Waals surface area contributed by atoms with Gasteiger partial charge < -0.3 is 9.84 Å². The monoisotopic (exact) mass is 297 g/mol. The van der Waals surface area contributed by atoms with Gasteiger partial charge in [-0.05, 0) is 50.0 Å². The van der Waals surface area contributed by atoms with Crippen LogP contribution in [0.3, 0.4) is 0 Å². The standard InChI is InChI=1S/C17H31NO3/c1-12(2)16-10-15(6-8-21-16)18-7-4-5-14(11-18)13(3)9-17(19)20/h12-16H,4-11H2,1-3H3,(H,19,20). The maximum absolute atomic E-state index is 10.9. The minimum Gasteiger partial charge on any atom is -0.481 e. The van der Waals surface area contributed by atoms with E-state index in [4.69, 9.17) is 9.84 Å². The zero-order valence-electron chi connectivity index (χ0n) is 13.8. The lowest BCUT2D eigenvalue weighted by Crippen LogP contribution is -2.48. The van der Waals surface area contributed by atoms with Gasteiger partial charge in [0.1, 0.15) is 0 Å². The van der Waals surface area contributed by atoms with Gasteiger partial charge in [0.05, 0.1) is 6.10 Å². The van der Waals surface area contributed by atoms with E-state index >= 15 is 0 Å². The number of carboxylic acid groups (broad SMARTS) is 1. The van der Waals surface area contributed by atoms with Crippen molar-refractivity contribution in [3.05, 3.63) is 0 Å². The van der Waals surface area contributed by atoms with Crippen molar-refractivity contribution in [1.82, 2.24) is 4.90 Å². The smallest absolute Gasteiger partial charge is 0.303 e. The number of nitrogens with zero attached hydrogens (tertiary/aromatic N) is 1. The first-order valence-corrected chi connectivity index (χ1v) is 8.54. The molecule has 2 aliphatic rings. The number of piperidine rings is 1. The molecule has 4 heteroatoms. The van der Waals surface area contributed by atoms with Crippen LogP contribution >= 0.6 is 0 Å². The Kier molecular flexibility index (Phi) is 6.06. The van der Waals surface area contributed by atoms with Crippen molar-refractivity contribution < 1.29 is 14.6 Å². The fourth-order valence-electron chi connectivity index (χ4n) is 3.88. The zero-order valence-corrected chi connectivity index (χ0v) is 13.8. The van der Waals surface area contributed by atoms with Crippen LogP contribution in [0.5, 0.6) is 0 Å². The van der Waals surface area contributed by atoms with Crippen molar-refractivity contribution in [2.75, 3.05) is 19.7 Å². The third-order valence-electron chi connectivity index (χ3n) is 5.34. The Morgan fingerprint density at radius 2 is 2.10 bits per heavy atom. The van der Waals surface area contributed by atoms with Gasteiger partial charge >= 0.3 is 5.97 Å². The van der Waals surface area contributed by atoms with Crippen LogP contribution in [0, 0.1) is 17.8 Å². The molecule has 4 nitrogen and oxygen atoms in total. The summed E-state index contributed by atoms with van der Waals surface area (Å²) in [6, 6.07) is 0.631. The molecule has 2 rings (SSSR count). The van der Waals surface area contributed by atoms with E-state index in [9.17, 15) is 4.79 Å². The minimum atomic E-state index is -0.662. The molecule has 0 aromatic rings. The third-order valence-corrected chi connectivity index (χ3v) is 5.34. The van der Waals surface area contributed by atoms with Gasteiger partial charge in [-0.2, -0.15) is 0 Å². The van der Waals surface area contributed by atoms with Gasteiger partial charge in [-0.3, -0.25) is 9.69 Å². The average molecular weight is 297 g/mol. The van der Waals surface area contributed by atoms with E-state index in [-0.39, 0.29) is 5.92 Å². The number of hydrogen-bond donors (Lipinski definition) is 1. The molecule has 2 saturated heterocycles. The topological polar surface area (TPSA) is 49.8 Å². The predicted octanol–water partition coefficient (Wildman–Crippen LogP) is 3.01. The van der Waals surface area contributed by atoms with Gasteiger partial charge in [0.15, 0.2) is 0 Å². The van der Waals surface area contributed by atoms with Gasteiger partial charge in [-0.1, -0.05) is 20.8 Å². The largest absolute Gasteiger partial charge is 0.481 e. The van der Waals surface area contributed by atoms with Gasteiger partial charge in [-0.15, -0.1) is 0 Å². The summed E-state index contributed by atoms with van der Waals surface area (Å²) in [7, 11) is 0. The maximum Gasteiger partial charge on any atom is 0.303 e. The van der Waals surface area contributed by atoms with Crippen molar-refractivity contribution in [2.45, 2.75) is 65.0 Å². The first-order valence-electron chi connectivity index (χ1n) is 8.54. The Hall–Kier alpha value is -0.610. The SMILES string of the molecule is CC(C)C1CC(N2CCCC(C(C)CC(=O)O)C2)CCO1. The quantitative estimate of drug-likeness (QED) is 0.847. The molecule has 4 unspecified atom stereocenters. The van der Waals surface area contributed by atoms with Crippen LogP contribution in [0.2, 0.25) is 0 Å². The fourth-order valence-corrected chi connectivity index (χ4v) is 3.88. The zero-order chi connectivity index (χ0) is 15.4. The highest BCUT2D eigenvalue weighted by Gasteiger charge is 2.33. The van der Waals surface area contributed by atoms with E-state index in [1.54, 1.807) is 0 Å². The van der Waals surface area contributed by atoms with Crippen molar-refractivity contribution in [3.63, 3.8) is 0 Å². The van der Waals surface area contributed by atoms with Crippen molar-refractivity contribution in [3.8, 4) is 0 Å². The molecule has 0 amide bonds. The normalized spacial score (nSPS) is 33.0. The summed E-state index contributed by atoms with van der Waals surface area (Å²) in [6.45, 7) is 9.69. The Morgan fingerprint density at radius 1 is 1.33 bits per heavy atom. The Balaban J connectivity index is 1.89. The molecule has 0 spiro atoms. The molecule has 21 heavy (non-hydrogen) atoms. The summed E-state index contributed by atoms with van der Waals surface area (Å²) in [5, 5.41) is 8.99. The van der Waals surface area contributed by atoms with Crippen LogP contribution in [0.1, 0.15) is 52.9 Å². The van der Waals surface area contributed by atoms with Crippen LogP contribution in [0.15, 0.2) is 0 Å². The predicted molar refractivity (Wildman–Crippen MR) is 83.3 cm³/mol. The van der Waals surface area contributed by atoms with Gasteiger partial charge in [0, 0.05) is 25.6 Å². The molecule has 1 N–H and O–H groups in total. The number of aliphatic carboxylic acids is 1. The second-order valence-corrected chi connectivity index (χ2v) is 7.30. The Morgan fingerprint density at radius 3 is 2.76 bits per heavy atom. The maximum atomic E-state index is 10.9. The van der Waals surface area contributed by atoms with Gasteiger partial charge in [0.25, 0.3) is 0 Å². The second-order valence-electron chi connectivity index (χ2n) is 7.30. The highest BCUT2D eigenvalue weighted by atomic mass is 16.5. The summed E-state index contributed by atoms with van der Waals surface area (Å²) in [5.41, 5.74) is 0. The number of carboxylic acids is 1. The van der Waals surface area contributed by atoms with Crippen LogP contribution < -0.4 is 0 Å². The lowest BCUT2D eigenvalue weighted by atomic mass is 9.83. The molecule has 0 saturated carbocycles. The third kappa shape index (κ3) is 4.68. The first kappa shape index (κ1) is 16.8. The number of hydrogen-bond acceptors (Lipinski definition) is 3. The summed E-state index contributed by atoms with van der Waals surface area (Å²) < 4.78 is 5.88. The van der Waals surface area contributed by atoms with Crippen LogP contribution in [-0.2, 0) is 9.53 Å². The summed E-state index contributed by atoms with van der Waals surface area (Å²) in [6.07, 6.45) is 5.35. The van der Waals surface area contributed by atoms with E-state index < -0.39 is 5.97 Å². The van der Waals surface area contributed by atoms with Crippen molar-refractivity contribution in [2.24, 2.45) is 17.8 Å². The van der Waals surface area contributed by atoms with E-state index in [1.165, 1.54) is 19.4 Å². The Labute approximate surface area is 128 Å². The second kappa shape index (κ2) is 7.59. The molecular formula is C17H31NO3. The summed E-state index contributed by atoms with van der Waals surface area (Å²) in [5.74, 6) is 0.742. The lowest BCUT2D eigenvalue weighted by Gasteiger charge is -2.43. The lowest BCUT2D eigenvalue weighted by molar-refractivity contribution is -0.138. The molecular weight excluding hydrogens is 266 g/mol. The average Bonchev–Trinajstić information content (AvgIpc) is 2.47. The first-order chi connectivity index (χ1) is 9.97. The molecule has 122 valence electrons. The van der Waals surface area contributed by atoms with Crippen LogP contribution in [0.25, 0.3) is 0 Å². The molecule has 2 heterocycles. The summed E-state index contributed by atoms with van der Waals surface area (Å²) in [4.78, 5) is 13.5. The van der Waals surface area contributed by atoms with Gasteiger partial charge in [0.2, 0.25) is 0 Å². The number of ether oxygens (including phenoxy) is 1. The van der Waals surface area contributed by atoms with Crippen LogP contribution in [0.4, 0.5) is 0 Å². The highest BCUT2D eigenvalue weighted by molar-refractivity contribution is 5.67. The van der Waals surface area contributed by atoms with E-state index in [0.717, 1.165) is 26.0 Å². The number of carbonyl (C=O) groups is 1. The number of rotatable bonds is 5. The number of likely N-dealkylation sites (tertiary alicyclic amines) is 1. The van der Waals surface area contributed by atoms with E-state index in [1.807, 2.05) is 0 Å².